The van der Waals surface area contributed by atoms with E-state index in [9.17, 15) is 4.79 Å². The van der Waals surface area contributed by atoms with Crippen molar-refractivity contribution in [2.45, 2.75) is 13.8 Å². The maximum absolute atomic E-state index is 11.5. The van der Waals surface area contributed by atoms with E-state index >= 15 is 0 Å². The van der Waals surface area contributed by atoms with Crippen LogP contribution >= 0.6 is 23.1 Å². The number of nitrogens with zero attached hydrogens (tertiary/aromatic N) is 1. The molecule has 88 valence electrons. The normalized spacial score (nSPS) is 10.3. The van der Waals surface area contributed by atoms with Crippen LogP contribution in [0.3, 0.4) is 0 Å². The number of aromatic nitrogens is 1. The number of carbonyl (C=O) groups excluding carboxylic acids is 1. The molecule has 3 nitrogen and oxygen atoms in total. The molecule has 1 aromatic heterocycles. The summed E-state index contributed by atoms with van der Waals surface area (Å²) in [5.41, 5.74) is 2.26. The topological polar surface area (TPSA) is 42.0 Å². The van der Waals surface area contributed by atoms with Crippen LogP contribution < -0.4 is 5.32 Å². The van der Waals surface area contributed by atoms with Gasteiger partial charge in [-0.1, -0.05) is 17.7 Å². The lowest BCUT2D eigenvalue weighted by atomic mass is 10.2. The number of rotatable bonds is 3. The number of halogens is 1. The van der Waals surface area contributed by atoms with Crippen LogP contribution in [0.4, 0.5) is 10.7 Å². The fourth-order valence-electron chi connectivity index (χ4n) is 1.57. The molecular formula is C12H11ClN2OS. The molecule has 0 aliphatic rings. The number of aryl methyl sites for hydroxylation is 1. The third-order valence-electron chi connectivity index (χ3n) is 2.30. The minimum atomic E-state index is 0.0146. The van der Waals surface area contributed by atoms with Crippen LogP contribution in [-0.4, -0.2) is 10.2 Å². The summed E-state index contributed by atoms with van der Waals surface area (Å²) in [6, 6.07) is 7.36. The largest absolute Gasteiger partial charge is 0.345 e. The molecule has 2 rings (SSSR count). The fourth-order valence-corrected chi connectivity index (χ4v) is 2.62. The summed E-state index contributed by atoms with van der Waals surface area (Å²) < 4.78 is 4.18. The van der Waals surface area contributed by atoms with Crippen LogP contribution in [0.1, 0.15) is 23.0 Å². The van der Waals surface area contributed by atoms with E-state index in [1.807, 2.05) is 19.1 Å². The maximum atomic E-state index is 11.5. The Kier molecular flexibility index (Phi) is 3.45. The van der Waals surface area contributed by atoms with E-state index in [1.54, 1.807) is 19.1 Å². The van der Waals surface area contributed by atoms with Gasteiger partial charge >= 0.3 is 0 Å². The van der Waals surface area contributed by atoms with E-state index in [-0.39, 0.29) is 5.78 Å². The van der Waals surface area contributed by atoms with Gasteiger partial charge in [-0.25, -0.2) is 0 Å². The maximum Gasteiger partial charge on any atom is 0.164 e. The van der Waals surface area contributed by atoms with Gasteiger partial charge in [-0.2, -0.15) is 4.37 Å². The summed E-state index contributed by atoms with van der Waals surface area (Å²) in [7, 11) is 0. The van der Waals surface area contributed by atoms with Gasteiger partial charge in [0.05, 0.1) is 11.3 Å². The smallest absolute Gasteiger partial charge is 0.164 e. The first-order chi connectivity index (χ1) is 8.08. The van der Waals surface area contributed by atoms with Gasteiger partial charge < -0.3 is 5.32 Å². The zero-order valence-electron chi connectivity index (χ0n) is 9.45. The SMILES string of the molecule is CC(=O)c1c(C)nsc1Nc1cccc(Cl)c1. The average Bonchev–Trinajstić information content (AvgIpc) is 2.59. The molecule has 0 unspecified atom stereocenters. The molecule has 0 bridgehead atoms. The second-order valence-electron chi connectivity index (χ2n) is 3.66. The Bertz CT molecular complexity index is 565. The van der Waals surface area contributed by atoms with Crippen molar-refractivity contribution in [1.82, 2.24) is 4.37 Å². The van der Waals surface area contributed by atoms with Crippen molar-refractivity contribution < 1.29 is 4.79 Å². The third-order valence-corrected chi connectivity index (χ3v) is 3.39. The zero-order valence-corrected chi connectivity index (χ0v) is 11.0. The van der Waals surface area contributed by atoms with Crippen molar-refractivity contribution >= 4 is 39.6 Å². The second kappa shape index (κ2) is 4.85. The predicted molar refractivity (Wildman–Crippen MR) is 71.6 cm³/mol. The van der Waals surface area contributed by atoms with Crippen molar-refractivity contribution in [2.75, 3.05) is 5.32 Å². The quantitative estimate of drug-likeness (QED) is 0.852. The molecule has 1 N–H and O–H groups in total. The molecule has 5 heteroatoms. The fraction of sp³-hybridized carbons (Fsp3) is 0.167. The summed E-state index contributed by atoms with van der Waals surface area (Å²) >= 11 is 7.18. The Labute approximate surface area is 109 Å². The first-order valence-electron chi connectivity index (χ1n) is 5.07. The summed E-state index contributed by atoms with van der Waals surface area (Å²) in [4.78, 5) is 11.5. The Morgan fingerprint density at radius 3 is 2.88 bits per heavy atom. The second-order valence-corrected chi connectivity index (χ2v) is 4.87. The predicted octanol–water partition coefficient (Wildman–Crippen LogP) is 4.05. The minimum Gasteiger partial charge on any atom is -0.345 e. The Hall–Kier alpha value is -1.39. The van der Waals surface area contributed by atoms with E-state index in [4.69, 9.17) is 11.6 Å². The van der Waals surface area contributed by atoms with Gasteiger partial charge in [0.25, 0.3) is 0 Å². The molecule has 0 atom stereocenters. The molecule has 0 amide bonds. The lowest BCUT2D eigenvalue weighted by molar-refractivity contribution is 0.101. The van der Waals surface area contributed by atoms with Crippen molar-refractivity contribution in [3.63, 3.8) is 0 Å². The molecule has 0 saturated carbocycles. The Morgan fingerprint density at radius 2 is 2.24 bits per heavy atom. The van der Waals surface area contributed by atoms with Crippen LogP contribution in [0, 0.1) is 6.92 Å². The first kappa shape index (κ1) is 12.1. The molecule has 0 aliphatic carbocycles. The highest BCUT2D eigenvalue weighted by atomic mass is 35.5. The molecule has 0 spiro atoms. The number of anilines is 2. The number of ketones is 1. The van der Waals surface area contributed by atoms with Crippen molar-refractivity contribution in [3.05, 3.63) is 40.5 Å². The summed E-state index contributed by atoms with van der Waals surface area (Å²) in [6.45, 7) is 3.37. The van der Waals surface area contributed by atoms with Gasteiger partial charge in [0.1, 0.15) is 5.00 Å². The zero-order chi connectivity index (χ0) is 12.4. The molecule has 0 radical (unpaired) electrons. The van der Waals surface area contributed by atoms with Gasteiger partial charge in [0.15, 0.2) is 5.78 Å². The molecule has 1 heterocycles. The van der Waals surface area contributed by atoms with Gasteiger partial charge in [-0.3, -0.25) is 4.79 Å². The Morgan fingerprint density at radius 1 is 1.47 bits per heavy atom. The number of hydrogen-bond acceptors (Lipinski definition) is 4. The highest BCUT2D eigenvalue weighted by molar-refractivity contribution is 7.10. The molecular weight excluding hydrogens is 256 g/mol. The third kappa shape index (κ3) is 2.65. The van der Waals surface area contributed by atoms with Gasteiger partial charge in [0.2, 0.25) is 0 Å². The lowest BCUT2D eigenvalue weighted by Crippen LogP contribution is -1.98. The van der Waals surface area contributed by atoms with E-state index in [0.717, 1.165) is 16.4 Å². The van der Waals surface area contributed by atoms with Crippen LogP contribution in [-0.2, 0) is 0 Å². The van der Waals surface area contributed by atoms with Crippen LogP contribution in [0.15, 0.2) is 24.3 Å². The van der Waals surface area contributed by atoms with Gasteiger partial charge in [0, 0.05) is 10.7 Å². The standard InChI is InChI=1S/C12H11ClN2OS/c1-7-11(8(2)16)12(17-15-7)14-10-5-3-4-9(13)6-10/h3-6,14H,1-2H3. The van der Waals surface area contributed by atoms with Gasteiger partial charge in [-0.05, 0) is 43.6 Å². The van der Waals surface area contributed by atoms with Crippen molar-refractivity contribution in [1.29, 1.82) is 0 Å². The summed E-state index contributed by atoms with van der Waals surface area (Å²) in [5.74, 6) is 0.0146. The molecule has 0 saturated heterocycles. The minimum absolute atomic E-state index is 0.0146. The number of Topliss-reactive ketones (excluding diaryl/α,β-unsaturated/α-hetero) is 1. The number of benzene rings is 1. The van der Waals surface area contributed by atoms with E-state index in [1.165, 1.54) is 11.5 Å². The van der Waals surface area contributed by atoms with Crippen LogP contribution in [0.5, 0.6) is 0 Å². The monoisotopic (exact) mass is 266 g/mol. The molecule has 2 aromatic rings. The summed E-state index contributed by atoms with van der Waals surface area (Å²) in [6.07, 6.45) is 0. The number of carbonyl (C=O) groups is 1. The van der Waals surface area contributed by atoms with E-state index < -0.39 is 0 Å². The van der Waals surface area contributed by atoms with E-state index in [0.29, 0.717) is 10.6 Å². The van der Waals surface area contributed by atoms with Crippen LogP contribution in [0.2, 0.25) is 5.02 Å². The van der Waals surface area contributed by atoms with Gasteiger partial charge in [-0.15, -0.1) is 0 Å². The summed E-state index contributed by atoms with van der Waals surface area (Å²) in [5, 5.41) is 4.58. The first-order valence-corrected chi connectivity index (χ1v) is 6.23. The number of hydrogen-bond donors (Lipinski definition) is 1. The lowest BCUT2D eigenvalue weighted by Gasteiger charge is -2.05. The molecule has 0 aliphatic heterocycles. The highest BCUT2D eigenvalue weighted by Gasteiger charge is 2.14. The molecule has 17 heavy (non-hydrogen) atoms. The molecule has 1 aromatic carbocycles. The van der Waals surface area contributed by atoms with Crippen molar-refractivity contribution in [2.24, 2.45) is 0 Å². The highest BCUT2D eigenvalue weighted by Crippen LogP contribution is 2.29. The average molecular weight is 267 g/mol. The Balaban J connectivity index is 2.33. The van der Waals surface area contributed by atoms with E-state index in [2.05, 4.69) is 9.69 Å². The number of nitrogens with one attached hydrogen (secondary N) is 1. The molecule has 0 fully saturated rings. The van der Waals surface area contributed by atoms with Crippen LogP contribution in [0.25, 0.3) is 0 Å². The van der Waals surface area contributed by atoms with Crippen molar-refractivity contribution in [3.8, 4) is 0 Å².